The van der Waals surface area contributed by atoms with Crippen LogP contribution in [-0.2, 0) is 22.5 Å². The van der Waals surface area contributed by atoms with Gasteiger partial charge in [-0.15, -0.1) is 11.3 Å². The summed E-state index contributed by atoms with van der Waals surface area (Å²) in [5, 5.41) is 5.89. The standard InChI is InChI=1S/C25H27ClN4O3S/c1-29-8-10-30(11-9-29)15-17-4-3-5-18(12-17)24-27-20(16-34-24)14-23(31)28-22-13-19(25(32)33-2)6-7-21(22)26/h3-7,12-13,16H,8-11,14-15H2,1-2H3,(H,28,31). The lowest BCUT2D eigenvalue weighted by Crippen LogP contribution is -2.43. The molecule has 1 fully saturated rings. The summed E-state index contributed by atoms with van der Waals surface area (Å²) < 4.78 is 4.72. The molecule has 9 heteroatoms. The summed E-state index contributed by atoms with van der Waals surface area (Å²) in [4.78, 5) is 33.8. The van der Waals surface area contributed by atoms with Gasteiger partial charge in [0.25, 0.3) is 0 Å². The molecule has 1 N–H and O–H groups in total. The van der Waals surface area contributed by atoms with Crippen molar-refractivity contribution in [2.45, 2.75) is 13.0 Å². The zero-order valence-electron chi connectivity index (χ0n) is 19.2. The lowest BCUT2D eigenvalue weighted by atomic mass is 10.1. The summed E-state index contributed by atoms with van der Waals surface area (Å²) in [5.74, 6) is -0.754. The molecule has 4 rings (SSSR count). The summed E-state index contributed by atoms with van der Waals surface area (Å²) in [6.45, 7) is 5.26. The van der Waals surface area contributed by atoms with Crippen molar-refractivity contribution < 1.29 is 14.3 Å². The Morgan fingerprint density at radius 1 is 1.15 bits per heavy atom. The molecule has 1 saturated heterocycles. The Morgan fingerprint density at radius 3 is 2.71 bits per heavy atom. The second-order valence-electron chi connectivity index (χ2n) is 8.33. The first kappa shape index (κ1) is 24.3. The minimum absolute atomic E-state index is 0.107. The number of benzene rings is 2. The number of hydrogen-bond donors (Lipinski definition) is 1. The number of likely N-dealkylation sites (N-methyl/N-ethyl adjacent to an activating group) is 1. The third-order valence-electron chi connectivity index (χ3n) is 5.73. The molecule has 2 heterocycles. The van der Waals surface area contributed by atoms with Crippen LogP contribution in [0, 0.1) is 0 Å². The SMILES string of the molecule is COC(=O)c1ccc(Cl)c(NC(=O)Cc2csc(-c3cccc(CN4CCN(C)CC4)c3)n2)c1. The summed E-state index contributed by atoms with van der Waals surface area (Å²) in [7, 11) is 3.46. The molecule has 1 aromatic heterocycles. The van der Waals surface area contributed by atoms with Crippen molar-refractivity contribution in [2.24, 2.45) is 0 Å². The Balaban J connectivity index is 1.39. The van der Waals surface area contributed by atoms with Gasteiger partial charge in [-0.3, -0.25) is 9.69 Å². The van der Waals surface area contributed by atoms with Crippen molar-refractivity contribution >= 4 is 40.5 Å². The van der Waals surface area contributed by atoms with Gasteiger partial charge in [-0.25, -0.2) is 9.78 Å². The van der Waals surface area contributed by atoms with Gasteiger partial charge in [0.1, 0.15) is 5.01 Å². The number of nitrogens with one attached hydrogen (secondary N) is 1. The van der Waals surface area contributed by atoms with E-state index in [0.717, 1.165) is 43.3 Å². The molecule has 1 aliphatic rings. The van der Waals surface area contributed by atoms with E-state index in [1.165, 1.54) is 30.1 Å². The van der Waals surface area contributed by atoms with E-state index in [0.29, 0.717) is 22.0 Å². The molecule has 34 heavy (non-hydrogen) atoms. The summed E-state index contributed by atoms with van der Waals surface area (Å²) in [5.41, 5.74) is 3.67. The number of rotatable bonds is 7. The molecule has 178 valence electrons. The second-order valence-corrected chi connectivity index (χ2v) is 9.60. The van der Waals surface area contributed by atoms with Crippen molar-refractivity contribution in [3.63, 3.8) is 0 Å². The first-order chi connectivity index (χ1) is 16.4. The highest BCUT2D eigenvalue weighted by Crippen LogP contribution is 2.27. The number of methoxy groups -OCH3 is 1. The summed E-state index contributed by atoms with van der Waals surface area (Å²) in [6, 6.07) is 13.0. The van der Waals surface area contributed by atoms with Gasteiger partial charge in [-0.2, -0.15) is 0 Å². The minimum Gasteiger partial charge on any atom is -0.465 e. The molecule has 1 amide bonds. The number of aromatic nitrogens is 1. The van der Waals surface area contributed by atoms with E-state index in [1.807, 2.05) is 11.4 Å². The Kier molecular flexibility index (Phi) is 7.95. The van der Waals surface area contributed by atoms with Crippen LogP contribution in [0.1, 0.15) is 21.6 Å². The first-order valence-electron chi connectivity index (χ1n) is 11.0. The summed E-state index contributed by atoms with van der Waals surface area (Å²) >= 11 is 7.70. The molecule has 0 unspecified atom stereocenters. The zero-order chi connectivity index (χ0) is 24.1. The molecule has 0 radical (unpaired) electrons. The highest BCUT2D eigenvalue weighted by molar-refractivity contribution is 7.13. The lowest BCUT2D eigenvalue weighted by molar-refractivity contribution is -0.115. The molecule has 7 nitrogen and oxygen atoms in total. The molecule has 0 atom stereocenters. The molecular formula is C25H27ClN4O3S. The van der Waals surface area contributed by atoms with Crippen LogP contribution < -0.4 is 5.32 Å². The van der Waals surface area contributed by atoms with E-state index in [2.05, 4.69) is 45.3 Å². The number of piperazine rings is 1. The van der Waals surface area contributed by atoms with Crippen LogP contribution in [0.15, 0.2) is 47.8 Å². The van der Waals surface area contributed by atoms with Crippen LogP contribution in [0.2, 0.25) is 5.02 Å². The molecular weight excluding hydrogens is 472 g/mol. The van der Waals surface area contributed by atoms with Crippen LogP contribution in [0.25, 0.3) is 10.6 Å². The predicted octanol–water partition coefficient (Wildman–Crippen LogP) is 4.18. The van der Waals surface area contributed by atoms with Gasteiger partial charge in [-0.1, -0.05) is 29.8 Å². The second kappa shape index (κ2) is 11.1. The van der Waals surface area contributed by atoms with E-state index >= 15 is 0 Å². The van der Waals surface area contributed by atoms with E-state index < -0.39 is 5.97 Å². The number of anilines is 1. The third kappa shape index (κ3) is 6.21. The molecule has 0 bridgehead atoms. The number of esters is 1. The minimum atomic E-state index is -0.494. The fraction of sp³-hybridized carbons (Fsp3) is 0.320. The van der Waals surface area contributed by atoms with Crippen molar-refractivity contribution in [2.75, 3.05) is 45.7 Å². The van der Waals surface area contributed by atoms with Crippen LogP contribution in [0.5, 0.6) is 0 Å². The molecule has 3 aromatic rings. The molecule has 0 spiro atoms. The smallest absolute Gasteiger partial charge is 0.337 e. The molecule has 1 aliphatic heterocycles. The number of carbonyl (C=O) groups excluding carboxylic acids is 2. The Morgan fingerprint density at radius 2 is 1.94 bits per heavy atom. The van der Waals surface area contributed by atoms with E-state index in [9.17, 15) is 9.59 Å². The number of carbonyl (C=O) groups is 2. The number of halogens is 1. The Hall–Kier alpha value is -2.78. The highest BCUT2D eigenvalue weighted by atomic mass is 35.5. The topological polar surface area (TPSA) is 74.8 Å². The number of ether oxygens (including phenoxy) is 1. The lowest BCUT2D eigenvalue weighted by Gasteiger charge is -2.32. The van der Waals surface area contributed by atoms with Crippen molar-refractivity contribution in [1.29, 1.82) is 0 Å². The Bertz CT molecular complexity index is 1170. The van der Waals surface area contributed by atoms with Gasteiger partial charge in [0.15, 0.2) is 0 Å². The van der Waals surface area contributed by atoms with E-state index in [1.54, 1.807) is 12.1 Å². The number of hydrogen-bond acceptors (Lipinski definition) is 7. The maximum absolute atomic E-state index is 12.6. The van der Waals surface area contributed by atoms with Crippen LogP contribution in [0.4, 0.5) is 5.69 Å². The third-order valence-corrected chi connectivity index (χ3v) is 7.00. The monoisotopic (exact) mass is 498 g/mol. The van der Waals surface area contributed by atoms with Crippen molar-refractivity contribution in [3.05, 3.63) is 69.7 Å². The number of amides is 1. The molecule has 0 aliphatic carbocycles. The van der Waals surface area contributed by atoms with E-state index in [-0.39, 0.29) is 12.3 Å². The fourth-order valence-electron chi connectivity index (χ4n) is 3.81. The Labute approximate surface area is 208 Å². The van der Waals surface area contributed by atoms with Gasteiger partial charge in [0.2, 0.25) is 5.91 Å². The van der Waals surface area contributed by atoms with Crippen LogP contribution >= 0.6 is 22.9 Å². The van der Waals surface area contributed by atoms with Crippen LogP contribution in [-0.4, -0.2) is 67.0 Å². The van der Waals surface area contributed by atoms with E-state index in [4.69, 9.17) is 16.3 Å². The molecule has 2 aromatic carbocycles. The van der Waals surface area contributed by atoms with Gasteiger partial charge in [-0.05, 0) is 36.9 Å². The van der Waals surface area contributed by atoms with Gasteiger partial charge in [0.05, 0.1) is 35.5 Å². The number of nitrogens with zero attached hydrogens (tertiary/aromatic N) is 3. The predicted molar refractivity (Wildman–Crippen MR) is 135 cm³/mol. The maximum atomic E-state index is 12.6. The maximum Gasteiger partial charge on any atom is 0.337 e. The zero-order valence-corrected chi connectivity index (χ0v) is 20.8. The van der Waals surface area contributed by atoms with Gasteiger partial charge in [0, 0.05) is 43.7 Å². The average Bonchev–Trinajstić information content (AvgIpc) is 3.30. The quantitative estimate of drug-likeness (QED) is 0.493. The normalized spacial score (nSPS) is 14.7. The van der Waals surface area contributed by atoms with Gasteiger partial charge < -0.3 is 15.0 Å². The van der Waals surface area contributed by atoms with Crippen molar-refractivity contribution in [1.82, 2.24) is 14.8 Å². The van der Waals surface area contributed by atoms with Gasteiger partial charge >= 0.3 is 5.97 Å². The van der Waals surface area contributed by atoms with Crippen molar-refractivity contribution in [3.8, 4) is 10.6 Å². The largest absolute Gasteiger partial charge is 0.465 e. The highest BCUT2D eigenvalue weighted by Gasteiger charge is 2.16. The number of thiazole rings is 1. The fourth-order valence-corrected chi connectivity index (χ4v) is 4.79. The molecule has 0 saturated carbocycles. The first-order valence-corrected chi connectivity index (χ1v) is 12.3. The average molecular weight is 499 g/mol. The van der Waals surface area contributed by atoms with Crippen LogP contribution in [0.3, 0.4) is 0 Å². The summed E-state index contributed by atoms with van der Waals surface area (Å²) in [6.07, 6.45) is 0.107.